The first-order chi connectivity index (χ1) is 30.0. The van der Waals surface area contributed by atoms with Gasteiger partial charge in [-0.1, -0.05) is 147 Å². The molecule has 0 bridgehead atoms. The van der Waals surface area contributed by atoms with Gasteiger partial charge in [-0.25, -0.2) is 0 Å². The molecule has 11 rings (SSSR count). The van der Waals surface area contributed by atoms with Crippen molar-refractivity contribution >= 4 is 89.7 Å². The van der Waals surface area contributed by atoms with Crippen LogP contribution in [0.5, 0.6) is 11.5 Å². The summed E-state index contributed by atoms with van der Waals surface area (Å²) in [6, 6.07) is 49.5. The molecular formula is C56H54BN5O. The van der Waals surface area contributed by atoms with E-state index in [2.05, 4.69) is 215 Å². The molecule has 0 radical (unpaired) electrons. The molecule has 6 nitrogen and oxygen atoms in total. The lowest BCUT2D eigenvalue weighted by Crippen LogP contribution is -2.60. The zero-order valence-corrected chi connectivity index (χ0v) is 38.0. The van der Waals surface area contributed by atoms with Crippen molar-refractivity contribution in [1.29, 1.82) is 5.41 Å². The molecule has 2 aliphatic heterocycles. The molecule has 0 saturated heterocycles. The van der Waals surface area contributed by atoms with Gasteiger partial charge in [-0.3, -0.25) is 9.98 Å². The number of nitrogens with one attached hydrogen (secondary N) is 2. The number of ether oxygens (including phenoxy) is 1. The molecule has 2 aromatic heterocycles. The van der Waals surface area contributed by atoms with Gasteiger partial charge in [-0.05, 0) is 91.8 Å². The predicted molar refractivity (Wildman–Crippen MR) is 268 cm³/mol. The zero-order valence-electron chi connectivity index (χ0n) is 38.0. The molecular weight excluding hydrogens is 769 g/mol. The van der Waals surface area contributed by atoms with E-state index in [4.69, 9.17) is 4.74 Å². The Morgan fingerprint density at radius 2 is 1.10 bits per heavy atom. The number of anilines is 3. The summed E-state index contributed by atoms with van der Waals surface area (Å²) in [4.78, 5) is 2.48. The highest BCUT2D eigenvalue weighted by Crippen LogP contribution is 2.46. The Morgan fingerprint density at radius 1 is 0.524 bits per heavy atom. The van der Waals surface area contributed by atoms with E-state index < -0.39 is 0 Å². The van der Waals surface area contributed by atoms with Crippen molar-refractivity contribution in [3.05, 3.63) is 150 Å². The Labute approximate surface area is 370 Å². The lowest BCUT2D eigenvalue weighted by atomic mass is 9.33. The number of nitrogens with zero attached hydrogens (tertiary/aromatic N) is 3. The van der Waals surface area contributed by atoms with Gasteiger partial charge in [0.1, 0.15) is 11.5 Å². The number of hydrogen-bond donors (Lipinski definition) is 2. The molecule has 0 aliphatic carbocycles. The maximum Gasteiger partial charge on any atom is 0.256 e. The fourth-order valence-corrected chi connectivity index (χ4v) is 10.3. The molecule has 0 spiro atoms. The van der Waals surface area contributed by atoms with Gasteiger partial charge in [-0.15, -0.1) is 0 Å². The van der Waals surface area contributed by atoms with E-state index in [1.807, 2.05) is 7.05 Å². The van der Waals surface area contributed by atoms with Crippen molar-refractivity contribution in [1.82, 2.24) is 14.5 Å². The molecule has 0 amide bonds. The maximum atomic E-state index is 9.30. The predicted octanol–water partition coefficient (Wildman–Crippen LogP) is 12.2. The van der Waals surface area contributed by atoms with Crippen molar-refractivity contribution in [2.45, 2.75) is 78.6 Å². The molecule has 0 atom stereocenters. The summed E-state index contributed by atoms with van der Waals surface area (Å²) in [5, 5.41) is 17.0. The van der Waals surface area contributed by atoms with Crippen LogP contribution in [0.3, 0.4) is 0 Å². The van der Waals surface area contributed by atoms with E-state index in [9.17, 15) is 5.41 Å². The van der Waals surface area contributed by atoms with Crippen LogP contribution in [0.2, 0.25) is 0 Å². The quantitative estimate of drug-likeness (QED) is 0.104. The number of para-hydroxylation sites is 2. The second-order valence-corrected chi connectivity index (χ2v) is 20.7. The third kappa shape index (κ3) is 5.81. The zero-order chi connectivity index (χ0) is 43.9. The third-order valence-corrected chi connectivity index (χ3v) is 13.7. The summed E-state index contributed by atoms with van der Waals surface area (Å²) in [6.07, 6.45) is 0. The van der Waals surface area contributed by atoms with E-state index in [1.165, 1.54) is 38.8 Å². The van der Waals surface area contributed by atoms with Crippen LogP contribution in [0.4, 0.5) is 17.1 Å². The highest BCUT2D eigenvalue weighted by molar-refractivity contribution is 6.99. The number of rotatable bonds is 2. The van der Waals surface area contributed by atoms with Crippen molar-refractivity contribution in [2.24, 2.45) is 0 Å². The molecule has 63 heavy (non-hydrogen) atoms. The van der Waals surface area contributed by atoms with Crippen molar-refractivity contribution in [3.63, 3.8) is 0 Å². The Hall–Kier alpha value is -6.73. The largest absolute Gasteiger partial charge is 0.458 e. The van der Waals surface area contributed by atoms with Gasteiger partial charge in [0.2, 0.25) is 0 Å². The minimum atomic E-state index is -0.0546. The first-order valence-electron chi connectivity index (χ1n) is 22.3. The summed E-state index contributed by atoms with van der Waals surface area (Å²) in [7, 11) is 1.83. The molecule has 2 N–H and O–H groups in total. The van der Waals surface area contributed by atoms with Crippen molar-refractivity contribution in [3.8, 4) is 17.2 Å². The third-order valence-electron chi connectivity index (χ3n) is 13.7. The average molecular weight is 824 g/mol. The molecule has 9 aromatic rings. The standard InChI is InChI=1S/C56H54BN5O/c1-54(2,3)33-19-23-36(24-20-33)60-46-27-21-34(55(4,5)6)29-42(46)57-43-30-35(56(7,8)9)22-28-48(43)63-49-32-37(31-47(60)50(49)57)61-44-17-13-11-15-38(44)40-25-26-41-39-16-12-14-18-45(39)62(53(58)59-10)52(41)51(40)61/h11-32H,1-10H3,(H2,58,59). The van der Waals surface area contributed by atoms with Crippen LogP contribution in [0.25, 0.3) is 49.3 Å². The van der Waals surface area contributed by atoms with Gasteiger partial charge in [0, 0.05) is 51.7 Å². The summed E-state index contributed by atoms with van der Waals surface area (Å²) >= 11 is 0. The number of aromatic nitrogens is 2. The number of hydrogen-bond acceptors (Lipinski definition) is 3. The highest BCUT2D eigenvalue weighted by atomic mass is 16.5. The number of benzene rings is 7. The van der Waals surface area contributed by atoms with E-state index in [-0.39, 0.29) is 23.0 Å². The average Bonchev–Trinajstić information content (AvgIpc) is 3.78. The Balaban J connectivity index is 1.28. The highest BCUT2D eigenvalue weighted by Gasteiger charge is 2.43. The lowest BCUT2D eigenvalue weighted by molar-refractivity contribution is 0.486. The Kier molecular flexibility index (Phi) is 8.32. The van der Waals surface area contributed by atoms with Crippen LogP contribution in [-0.4, -0.2) is 28.9 Å². The minimum absolute atomic E-state index is 0.0143. The second-order valence-electron chi connectivity index (χ2n) is 20.7. The molecule has 312 valence electrons. The fraction of sp³-hybridized carbons (Fsp3) is 0.232. The molecule has 0 unspecified atom stereocenters. The lowest BCUT2D eigenvalue weighted by Gasteiger charge is -2.41. The smallest absolute Gasteiger partial charge is 0.256 e. The normalized spacial score (nSPS) is 13.7. The molecule has 0 fully saturated rings. The van der Waals surface area contributed by atoms with Crippen LogP contribution in [0, 0.1) is 5.41 Å². The summed E-state index contributed by atoms with van der Waals surface area (Å²) in [5.74, 6) is 2.07. The second kappa shape index (κ2) is 13.4. The maximum absolute atomic E-state index is 9.30. The molecule has 7 aromatic carbocycles. The Morgan fingerprint density at radius 3 is 1.75 bits per heavy atom. The van der Waals surface area contributed by atoms with E-state index >= 15 is 0 Å². The van der Waals surface area contributed by atoms with Gasteiger partial charge in [0.05, 0.1) is 27.8 Å². The SMILES string of the molecule is CNC(=N)n1c2ccccc2c2ccc3c4ccccc4n(-c4cc5c6c(c4)N(c4ccc(C(C)(C)C)cc4)c4ccc(C(C)(C)C)cc4B6c4cc(C(C)(C)C)ccc4O5)c3c21. The van der Waals surface area contributed by atoms with Crippen LogP contribution >= 0.6 is 0 Å². The molecule has 0 saturated carbocycles. The van der Waals surface area contributed by atoms with Crippen LogP contribution in [-0.2, 0) is 16.2 Å². The summed E-state index contributed by atoms with van der Waals surface area (Å²) < 4.78 is 11.7. The van der Waals surface area contributed by atoms with Gasteiger partial charge in [0.25, 0.3) is 6.71 Å². The van der Waals surface area contributed by atoms with Gasteiger partial charge >= 0.3 is 0 Å². The number of fused-ring (bicyclic) bond motifs is 11. The van der Waals surface area contributed by atoms with Crippen molar-refractivity contribution in [2.75, 3.05) is 11.9 Å². The Bertz CT molecular complexity index is 3390. The van der Waals surface area contributed by atoms with Gasteiger partial charge < -0.3 is 19.5 Å². The van der Waals surface area contributed by atoms with Gasteiger partial charge in [0.15, 0.2) is 5.96 Å². The van der Waals surface area contributed by atoms with E-state index in [0.717, 1.165) is 72.2 Å². The van der Waals surface area contributed by atoms with Crippen molar-refractivity contribution < 1.29 is 4.74 Å². The molecule has 7 heteroatoms. The van der Waals surface area contributed by atoms with Crippen LogP contribution < -0.4 is 31.3 Å². The monoisotopic (exact) mass is 823 g/mol. The van der Waals surface area contributed by atoms with Crippen LogP contribution in [0.1, 0.15) is 79.0 Å². The minimum Gasteiger partial charge on any atom is -0.458 e. The topological polar surface area (TPSA) is 58.2 Å². The van der Waals surface area contributed by atoms with Crippen LogP contribution in [0.15, 0.2) is 133 Å². The van der Waals surface area contributed by atoms with Gasteiger partial charge in [-0.2, -0.15) is 0 Å². The van der Waals surface area contributed by atoms with E-state index in [0.29, 0.717) is 5.96 Å². The summed E-state index contributed by atoms with van der Waals surface area (Å²) in [6.45, 7) is 20.6. The first kappa shape index (κ1) is 39.1. The molecule has 4 heterocycles. The fourth-order valence-electron chi connectivity index (χ4n) is 10.3. The summed E-state index contributed by atoms with van der Waals surface area (Å²) in [5.41, 5.74) is 16.0. The first-order valence-corrected chi connectivity index (χ1v) is 22.3. The van der Waals surface area contributed by atoms with E-state index in [1.54, 1.807) is 0 Å². The molecule has 2 aliphatic rings.